The summed E-state index contributed by atoms with van der Waals surface area (Å²) in [5.74, 6) is 0.743. The number of methoxy groups -OCH3 is 1. The smallest absolute Gasteiger partial charge is 0.245 e. The molecule has 1 aliphatic rings. The Balaban J connectivity index is 1.36. The van der Waals surface area contributed by atoms with Gasteiger partial charge in [-0.3, -0.25) is 0 Å². The highest BCUT2D eigenvalue weighted by Gasteiger charge is 2.31. The predicted octanol–water partition coefficient (Wildman–Crippen LogP) is 2.81. The van der Waals surface area contributed by atoms with Crippen LogP contribution in [0.5, 0.6) is 5.75 Å². The van der Waals surface area contributed by atoms with Gasteiger partial charge in [-0.2, -0.15) is 13.1 Å². The number of aromatic nitrogens is 4. The monoisotopic (exact) mass is 486 g/mol. The molecule has 9 nitrogen and oxygen atoms in total. The minimum atomic E-state index is -3.71. The average molecular weight is 487 g/mol. The van der Waals surface area contributed by atoms with E-state index in [2.05, 4.69) is 18.7 Å². The Morgan fingerprint density at radius 1 is 1.03 bits per heavy atom. The number of piperazine rings is 1. The molecule has 0 bridgehead atoms. The van der Waals surface area contributed by atoms with Gasteiger partial charge in [0.1, 0.15) is 39.6 Å². The zero-order chi connectivity index (χ0) is 23.0. The lowest BCUT2D eigenvalue weighted by Crippen LogP contribution is -2.49. The maximum Gasteiger partial charge on any atom is 0.245 e. The van der Waals surface area contributed by atoms with Gasteiger partial charge in [-0.1, -0.05) is 6.07 Å². The standard InChI is InChI=1S/C21H19FN6O3S2/c1-31-18-6-5-14(22)11-15(18)17-12-20(24-13-23-17)27-7-9-28(10-8-27)33(29,30)19-4-2-3-16-21(19)26-32-25-16/h2-6,11-13H,7-10H2,1H3. The molecule has 3 heterocycles. The number of nitrogens with zero attached hydrogens (tertiary/aromatic N) is 6. The molecule has 0 radical (unpaired) electrons. The maximum atomic E-state index is 13.8. The predicted molar refractivity (Wildman–Crippen MR) is 122 cm³/mol. The van der Waals surface area contributed by atoms with Gasteiger partial charge in [0.15, 0.2) is 0 Å². The molecule has 5 rings (SSSR count). The van der Waals surface area contributed by atoms with Crippen molar-refractivity contribution in [1.82, 2.24) is 23.0 Å². The van der Waals surface area contributed by atoms with Gasteiger partial charge in [0.25, 0.3) is 0 Å². The lowest BCUT2D eigenvalue weighted by Gasteiger charge is -2.34. The molecule has 1 saturated heterocycles. The minimum absolute atomic E-state index is 0.171. The first-order chi connectivity index (χ1) is 16.0. The first-order valence-corrected chi connectivity index (χ1v) is 12.3. The summed E-state index contributed by atoms with van der Waals surface area (Å²) in [6.45, 7) is 1.47. The average Bonchev–Trinajstić information content (AvgIpc) is 3.33. The fraction of sp³-hybridized carbons (Fsp3) is 0.238. The molecule has 33 heavy (non-hydrogen) atoms. The molecule has 0 N–H and O–H groups in total. The van der Waals surface area contributed by atoms with Crippen molar-refractivity contribution in [3.63, 3.8) is 0 Å². The van der Waals surface area contributed by atoms with Crippen LogP contribution < -0.4 is 9.64 Å². The van der Waals surface area contributed by atoms with E-state index in [1.807, 2.05) is 4.90 Å². The molecule has 0 amide bonds. The van der Waals surface area contributed by atoms with Crippen LogP contribution in [0, 0.1) is 5.82 Å². The fourth-order valence-electron chi connectivity index (χ4n) is 3.83. The van der Waals surface area contributed by atoms with E-state index in [1.165, 1.54) is 29.9 Å². The third-order valence-electron chi connectivity index (χ3n) is 5.52. The number of hydrogen-bond acceptors (Lipinski definition) is 9. The van der Waals surface area contributed by atoms with Crippen molar-refractivity contribution in [1.29, 1.82) is 0 Å². The first kappa shape index (κ1) is 21.6. The molecule has 170 valence electrons. The molecule has 2 aromatic heterocycles. The number of benzene rings is 2. The molecular weight excluding hydrogens is 467 g/mol. The van der Waals surface area contributed by atoms with E-state index in [4.69, 9.17) is 4.74 Å². The Morgan fingerprint density at radius 3 is 2.64 bits per heavy atom. The van der Waals surface area contributed by atoms with Gasteiger partial charge >= 0.3 is 0 Å². The van der Waals surface area contributed by atoms with Crippen molar-refractivity contribution in [2.75, 3.05) is 38.2 Å². The number of rotatable bonds is 5. The highest BCUT2D eigenvalue weighted by atomic mass is 32.2. The molecule has 0 aliphatic carbocycles. The second-order valence-corrected chi connectivity index (χ2v) is 9.82. The van der Waals surface area contributed by atoms with E-state index < -0.39 is 15.8 Å². The molecule has 2 aromatic carbocycles. The molecule has 0 saturated carbocycles. The van der Waals surface area contributed by atoms with Crippen LogP contribution >= 0.6 is 11.7 Å². The van der Waals surface area contributed by atoms with Gasteiger partial charge in [0, 0.05) is 37.8 Å². The van der Waals surface area contributed by atoms with Gasteiger partial charge in [-0.25, -0.2) is 22.8 Å². The summed E-state index contributed by atoms with van der Waals surface area (Å²) in [5, 5.41) is 0. The van der Waals surface area contributed by atoms with E-state index in [0.29, 0.717) is 60.0 Å². The number of halogens is 1. The minimum Gasteiger partial charge on any atom is -0.496 e. The Bertz CT molecular complexity index is 1420. The zero-order valence-electron chi connectivity index (χ0n) is 17.5. The highest BCUT2D eigenvalue weighted by molar-refractivity contribution is 7.89. The molecule has 0 atom stereocenters. The van der Waals surface area contributed by atoms with E-state index in [-0.39, 0.29) is 4.90 Å². The Labute approximate surface area is 193 Å². The van der Waals surface area contributed by atoms with Crippen molar-refractivity contribution in [2.24, 2.45) is 0 Å². The molecule has 0 spiro atoms. The molecule has 12 heteroatoms. The summed E-state index contributed by atoms with van der Waals surface area (Å²) in [4.78, 5) is 10.8. The first-order valence-electron chi connectivity index (χ1n) is 10.1. The van der Waals surface area contributed by atoms with Gasteiger partial charge in [0.2, 0.25) is 10.0 Å². The third kappa shape index (κ3) is 4.01. The van der Waals surface area contributed by atoms with E-state index >= 15 is 0 Å². The second-order valence-electron chi connectivity index (χ2n) is 7.39. The van der Waals surface area contributed by atoms with Crippen LogP contribution in [0.3, 0.4) is 0 Å². The Morgan fingerprint density at radius 2 is 1.85 bits per heavy atom. The Hall–Kier alpha value is -3.22. The lowest BCUT2D eigenvalue weighted by atomic mass is 10.1. The summed E-state index contributed by atoms with van der Waals surface area (Å²) in [6, 6.07) is 11.0. The molecule has 1 fully saturated rings. The molecule has 1 aliphatic heterocycles. The number of hydrogen-bond donors (Lipinski definition) is 0. The van der Waals surface area contributed by atoms with Crippen LogP contribution in [0.2, 0.25) is 0 Å². The quantitative estimate of drug-likeness (QED) is 0.425. The summed E-state index contributed by atoms with van der Waals surface area (Å²) in [6.07, 6.45) is 1.41. The van der Waals surface area contributed by atoms with Crippen molar-refractivity contribution in [3.8, 4) is 17.0 Å². The fourth-order valence-corrected chi connectivity index (χ4v) is 6.01. The lowest BCUT2D eigenvalue weighted by molar-refractivity contribution is 0.384. The van der Waals surface area contributed by atoms with Crippen molar-refractivity contribution in [3.05, 3.63) is 54.6 Å². The number of anilines is 1. The number of sulfonamides is 1. The van der Waals surface area contributed by atoms with Crippen molar-refractivity contribution >= 4 is 38.6 Å². The maximum absolute atomic E-state index is 13.8. The van der Waals surface area contributed by atoms with Crippen LogP contribution in [0.15, 0.2) is 53.7 Å². The molecule has 4 aromatic rings. The van der Waals surface area contributed by atoms with E-state index in [0.717, 1.165) is 11.7 Å². The topological polar surface area (TPSA) is 101 Å². The second kappa shape index (κ2) is 8.61. The Kier molecular flexibility index (Phi) is 5.64. The summed E-state index contributed by atoms with van der Waals surface area (Å²) >= 11 is 0.993. The van der Waals surface area contributed by atoms with E-state index in [9.17, 15) is 12.8 Å². The van der Waals surface area contributed by atoms with Crippen molar-refractivity contribution < 1.29 is 17.5 Å². The highest BCUT2D eigenvalue weighted by Crippen LogP contribution is 2.31. The summed E-state index contributed by atoms with van der Waals surface area (Å²) < 4.78 is 55.4. The molecular formula is C21H19FN6O3S2. The largest absolute Gasteiger partial charge is 0.496 e. The van der Waals surface area contributed by atoms with Crippen LogP contribution in [0.1, 0.15) is 0 Å². The summed E-state index contributed by atoms with van der Waals surface area (Å²) in [5.41, 5.74) is 2.01. The number of fused-ring (bicyclic) bond motifs is 1. The SMILES string of the molecule is COc1ccc(F)cc1-c1cc(N2CCN(S(=O)(=O)c3cccc4nsnc34)CC2)ncn1. The normalized spacial score (nSPS) is 15.2. The zero-order valence-corrected chi connectivity index (χ0v) is 19.2. The van der Waals surface area contributed by atoms with Gasteiger partial charge in [-0.15, -0.1) is 0 Å². The van der Waals surface area contributed by atoms with Gasteiger partial charge in [-0.05, 0) is 30.3 Å². The van der Waals surface area contributed by atoms with Gasteiger partial charge < -0.3 is 9.64 Å². The van der Waals surface area contributed by atoms with E-state index in [1.54, 1.807) is 30.3 Å². The van der Waals surface area contributed by atoms with Crippen LogP contribution in [0.4, 0.5) is 10.2 Å². The molecule has 0 unspecified atom stereocenters. The third-order valence-corrected chi connectivity index (χ3v) is 7.99. The van der Waals surface area contributed by atoms with Crippen LogP contribution in [-0.4, -0.2) is 64.7 Å². The summed E-state index contributed by atoms with van der Waals surface area (Å²) in [7, 11) is -2.19. The van der Waals surface area contributed by atoms with Crippen LogP contribution in [0.25, 0.3) is 22.3 Å². The van der Waals surface area contributed by atoms with Crippen molar-refractivity contribution in [2.45, 2.75) is 4.90 Å². The van der Waals surface area contributed by atoms with Gasteiger partial charge in [0.05, 0.1) is 24.5 Å². The van der Waals surface area contributed by atoms with Crippen LogP contribution in [-0.2, 0) is 10.0 Å². The number of ether oxygens (including phenoxy) is 1.